The molecular weight excluding hydrogens is 191 g/mol. The summed E-state index contributed by atoms with van der Waals surface area (Å²) in [4.78, 5) is 0. The van der Waals surface area contributed by atoms with Gasteiger partial charge in [-0.3, -0.25) is 0 Å². The summed E-state index contributed by atoms with van der Waals surface area (Å²) in [5.41, 5.74) is 7.45. The number of hydrogen-bond donors (Lipinski definition) is 2. The van der Waals surface area contributed by atoms with E-state index in [1.165, 1.54) is 0 Å². The van der Waals surface area contributed by atoms with Crippen molar-refractivity contribution in [3.05, 3.63) is 35.1 Å². The van der Waals surface area contributed by atoms with E-state index in [2.05, 4.69) is 5.32 Å². The average molecular weight is 208 g/mol. The van der Waals surface area contributed by atoms with Crippen molar-refractivity contribution in [1.29, 1.82) is 0 Å². The summed E-state index contributed by atoms with van der Waals surface area (Å²) in [6.45, 7) is 1.62. The Balaban J connectivity index is 2.05. The highest BCUT2D eigenvalue weighted by Crippen LogP contribution is 2.32. The van der Waals surface area contributed by atoms with Crippen LogP contribution in [0.1, 0.15) is 30.0 Å². The molecule has 2 nitrogen and oxygen atoms in total. The molecule has 1 atom stereocenters. The molecule has 0 saturated heterocycles. The first kappa shape index (κ1) is 10.6. The maximum absolute atomic E-state index is 13.4. The fraction of sp³-hybridized carbons (Fsp3) is 0.500. The van der Waals surface area contributed by atoms with Crippen LogP contribution in [0.2, 0.25) is 0 Å². The van der Waals surface area contributed by atoms with Gasteiger partial charge in [-0.2, -0.15) is 0 Å². The second kappa shape index (κ2) is 4.73. The van der Waals surface area contributed by atoms with Crippen LogP contribution in [0.5, 0.6) is 0 Å². The fourth-order valence-electron chi connectivity index (χ4n) is 2.20. The predicted octanol–water partition coefficient (Wildman–Crippen LogP) is 1.75. The number of hydrogen-bond acceptors (Lipinski definition) is 2. The minimum Gasteiger partial charge on any atom is -0.330 e. The first-order chi connectivity index (χ1) is 7.33. The van der Waals surface area contributed by atoms with E-state index in [4.69, 9.17) is 5.73 Å². The van der Waals surface area contributed by atoms with Crippen molar-refractivity contribution in [2.45, 2.75) is 25.3 Å². The molecule has 82 valence electrons. The van der Waals surface area contributed by atoms with E-state index in [1.807, 2.05) is 6.07 Å². The zero-order valence-corrected chi connectivity index (χ0v) is 8.80. The molecule has 2 rings (SSSR count). The van der Waals surface area contributed by atoms with E-state index in [0.29, 0.717) is 12.6 Å². The fourth-order valence-corrected chi connectivity index (χ4v) is 2.20. The van der Waals surface area contributed by atoms with Gasteiger partial charge in [-0.05, 0) is 49.5 Å². The van der Waals surface area contributed by atoms with Crippen LogP contribution in [-0.2, 0) is 6.42 Å². The lowest BCUT2D eigenvalue weighted by Gasteiger charge is -2.13. The molecule has 1 aliphatic rings. The van der Waals surface area contributed by atoms with E-state index < -0.39 is 0 Å². The maximum atomic E-state index is 13.4. The second-order valence-corrected chi connectivity index (χ2v) is 4.00. The molecule has 15 heavy (non-hydrogen) atoms. The van der Waals surface area contributed by atoms with Crippen LogP contribution < -0.4 is 11.1 Å². The van der Waals surface area contributed by atoms with Crippen LogP contribution in [0.25, 0.3) is 0 Å². The van der Waals surface area contributed by atoms with Gasteiger partial charge in [0.05, 0.1) is 0 Å². The third kappa shape index (κ3) is 2.19. The number of rotatable bonds is 4. The summed E-state index contributed by atoms with van der Waals surface area (Å²) in [6.07, 6.45) is 2.82. The highest BCUT2D eigenvalue weighted by Gasteiger charge is 2.23. The molecule has 0 heterocycles. The first-order valence-corrected chi connectivity index (χ1v) is 5.53. The predicted molar refractivity (Wildman–Crippen MR) is 59.1 cm³/mol. The second-order valence-electron chi connectivity index (χ2n) is 4.00. The maximum Gasteiger partial charge on any atom is 0.126 e. The number of nitrogens with one attached hydrogen (secondary N) is 1. The molecule has 0 fully saturated rings. The number of halogens is 1. The van der Waals surface area contributed by atoms with E-state index in [-0.39, 0.29) is 5.82 Å². The Hall–Kier alpha value is -0.930. The average Bonchev–Trinajstić information content (AvgIpc) is 2.64. The summed E-state index contributed by atoms with van der Waals surface area (Å²) in [5.74, 6) is -0.0596. The molecule has 0 aromatic heterocycles. The molecule has 1 aliphatic carbocycles. The minimum absolute atomic E-state index is 0.0596. The third-order valence-electron chi connectivity index (χ3n) is 2.99. The smallest absolute Gasteiger partial charge is 0.126 e. The molecule has 0 saturated carbocycles. The molecule has 0 aliphatic heterocycles. The van der Waals surface area contributed by atoms with E-state index in [0.717, 1.165) is 36.9 Å². The standard InChI is InChI=1S/C12H17FN2/c13-11-4-1-3-10-9(11)5-6-12(10)15-8-2-7-14/h1,3-4,12,15H,2,5-8,14H2. The van der Waals surface area contributed by atoms with E-state index in [9.17, 15) is 4.39 Å². The summed E-state index contributed by atoms with van der Waals surface area (Å²) in [7, 11) is 0. The van der Waals surface area contributed by atoms with Crippen LogP contribution in [0.4, 0.5) is 4.39 Å². The zero-order valence-electron chi connectivity index (χ0n) is 8.80. The van der Waals surface area contributed by atoms with Crippen molar-refractivity contribution < 1.29 is 4.39 Å². The van der Waals surface area contributed by atoms with Crippen LogP contribution in [0.3, 0.4) is 0 Å². The van der Waals surface area contributed by atoms with Gasteiger partial charge in [-0.15, -0.1) is 0 Å². The van der Waals surface area contributed by atoms with E-state index >= 15 is 0 Å². The largest absolute Gasteiger partial charge is 0.330 e. The van der Waals surface area contributed by atoms with Crippen LogP contribution in [0.15, 0.2) is 18.2 Å². The first-order valence-electron chi connectivity index (χ1n) is 5.53. The number of nitrogens with two attached hydrogens (primary N) is 1. The van der Waals surface area contributed by atoms with Gasteiger partial charge in [0, 0.05) is 6.04 Å². The summed E-state index contributed by atoms with van der Waals surface area (Å²) < 4.78 is 13.4. The van der Waals surface area contributed by atoms with Crippen molar-refractivity contribution in [1.82, 2.24) is 5.32 Å². The third-order valence-corrected chi connectivity index (χ3v) is 2.99. The molecule has 0 radical (unpaired) electrons. The molecule has 3 N–H and O–H groups in total. The Morgan fingerprint density at radius 2 is 2.33 bits per heavy atom. The van der Waals surface area contributed by atoms with Crippen molar-refractivity contribution >= 4 is 0 Å². The molecule has 0 amide bonds. The lowest BCUT2D eigenvalue weighted by molar-refractivity contribution is 0.523. The SMILES string of the molecule is NCCCNC1CCc2c(F)cccc21. The molecule has 0 bridgehead atoms. The van der Waals surface area contributed by atoms with Crippen molar-refractivity contribution in [2.24, 2.45) is 5.73 Å². The molecular formula is C12H17FN2. The molecule has 0 spiro atoms. The Kier molecular flexibility index (Phi) is 3.34. The van der Waals surface area contributed by atoms with Gasteiger partial charge in [-0.1, -0.05) is 12.1 Å². The summed E-state index contributed by atoms with van der Waals surface area (Å²) in [6, 6.07) is 5.67. The van der Waals surface area contributed by atoms with E-state index in [1.54, 1.807) is 12.1 Å². The van der Waals surface area contributed by atoms with Gasteiger partial charge < -0.3 is 11.1 Å². The lowest BCUT2D eigenvalue weighted by Crippen LogP contribution is -2.22. The van der Waals surface area contributed by atoms with Crippen LogP contribution in [0, 0.1) is 5.82 Å². The molecule has 1 aromatic carbocycles. The van der Waals surface area contributed by atoms with Crippen molar-refractivity contribution in [2.75, 3.05) is 13.1 Å². The molecule has 3 heteroatoms. The normalized spacial score (nSPS) is 19.2. The van der Waals surface area contributed by atoms with Crippen LogP contribution in [-0.4, -0.2) is 13.1 Å². The van der Waals surface area contributed by atoms with Gasteiger partial charge in [0.15, 0.2) is 0 Å². The Morgan fingerprint density at radius 3 is 3.13 bits per heavy atom. The number of fused-ring (bicyclic) bond motifs is 1. The topological polar surface area (TPSA) is 38.0 Å². The minimum atomic E-state index is -0.0596. The zero-order chi connectivity index (χ0) is 10.7. The summed E-state index contributed by atoms with van der Waals surface area (Å²) >= 11 is 0. The van der Waals surface area contributed by atoms with Gasteiger partial charge in [-0.25, -0.2) is 4.39 Å². The highest BCUT2D eigenvalue weighted by atomic mass is 19.1. The van der Waals surface area contributed by atoms with Gasteiger partial charge in [0.1, 0.15) is 5.82 Å². The number of benzene rings is 1. The molecule has 1 unspecified atom stereocenters. The lowest BCUT2D eigenvalue weighted by atomic mass is 10.1. The quantitative estimate of drug-likeness (QED) is 0.740. The van der Waals surface area contributed by atoms with Gasteiger partial charge in [0.2, 0.25) is 0 Å². The van der Waals surface area contributed by atoms with Gasteiger partial charge in [0.25, 0.3) is 0 Å². The van der Waals surface area contributed by atoms with Crippen LogP contribution >= 0.6 is 0 Å². The van der Waals surface area contributed by atoms with Crippen molar-refractivity contribution in [3.63, 3.8) is 0 Å². The summed E-state index contributed by atoms with van der Waals surface area (Å²) in [5, 5.41) is 3.42. The Labute approximate surface area is 89.7 Å². The monoisotopic (exact) mass is 208 g/mol. The van der Waals surface area contributed by atoms with Crippen molar-refractivity contribution in [3.8, 4) is 0 Å². The Bertz CT molecular complexity index is 338. The van der Waals surface area contributed by atoms with Gasteiger partial charge >= 0.3 is 0 Å². The highest BCUT2D eigenvalue weighted by molar-refractivity contribution is 5.35. The molecule has 1 aromatic rings. The Morgan fingerprint density at radius 1 is 1.47 bits per heavy atom.